The summed E-state index contributed by atoms with van der Waals surface area (Å²) in [7, 11) is 3.34. The van der Waals surface area contributed by atoms with E-state index in [1.807, 2.05) is 0 Å². The Labute approximate surface area is 167 Å². The smallest absolute Gasteiger partial charge is 0.146 e. The van der Waals surface area contributed by atoms with Gasteiger partial charge in [-0.1, -0.05) is 19.3 Å². The fourth-order valence-corrected chi connectivity index (χ4v) is 4.67. The highest BCUT2D eigenvalue weighted by molar-refractivity contribution is 4.86. The van der Waals surface area contributed by atoms with E-state index in [4.69, 9.17) is 18.9 Å². The molecule has 0 spiro atoms. The minimum absolute atomic E-state index is 0.359. The Kier molecular flexibility index (Phi) is 11.9. The van der Waals surface area contributed by atoms with E-state index in [9.17, 15) is 0 Å². The fourth-order valence-electron chi connectivity index (χ4n) is 4.67. The molecule has 2 rings (SSSR count). The third kappa shape index (κ3) is 9.23. The van der Waals surface area contributed by atoms with Crippen LogP contribution in [-0.4, -0.2) is 65.6 Å². The Morgan fingerprint density at radius 2 is 1.52 bits per heavy atom. The lowest BCUT2D eigenvalue weighted by atomic mass is 9.68. The highest BCUT2D eigenvalue weighted by Gasteiger charge is 2.33. The number of hydrogen-bond acceptors (Lipinski definition) is 5. The molecule has 2 fully saturated rings. The van der Waals surface area contributed by atoms with Gasteiger partial charge in [-0.05, 0) is 76.4 Å². The van der Waals surface area contributed by atoms with Gasteiger partial charge in [0.1, 0.15) is 13.6 Å². The van der Waals surface area contributed by atoms with Crippen molar-refractivity contribution in [1.29, 1.82) is 0 Å². The predicted molar refractivity (Wildman–Crippen MR) is 108 cm³/mol. The van der Waals surface area contributed by atoms with Gasteiger partial charge in [0.05, 0.1) is 13.2 Å². The molecule has 0 aromatic heterocycles. The average Bonchev–Trinajstić information content (AvgIpc) is 2.72. The number of likely N-dealkylation sites (tertiary alicyclic amines) is 1. The molecule has 1 aliphatic heterocycles. The van der Waals surface area contributed by atoms with E-state index in [1.165, 1.54) is 83.8 Å². The lowest BCUT2D eigenvalue weighted by Gasteiger charge is -2.40. The first-order valence-corrected chi connectivity index (χ1v) is 11.0. The molecule has 1 aliphatic carbocycles. The molecule has 2 aliphatic rings. The monoisotopic (exact) mass is 384 g/mol. The topological polar surface area (TPSA) is 40.2 Å². The molecule has 5 heteroatoms. The van der Waals surface area contributed by atoms with Gasteiger partial charge in [0.15, 0.2) is 0 Å². The van der Waals surface area contributed by atoms with Crippen molar-refractivity contribution in [2.75, 3.05) is 60.7 Å². The van der Waals surface area contributed by atoms with E-state index in [-0.39, 0.29) is 0 Å². The first-order valence-electron chi connectivity index (χ1n) is 11.0. The van der Waals surface area contributed by atoms with Gasteiger partial charge in [-0.3, -0.25) is 0 Å². The molecule has 1 saturated carbocycles. The maximum absolute atomic E-state index is 5.65. The van der Waals surface area contributed by atoms with E-state index < -0.39 is 0 Å². The first kappa shape index (κ1) is 23.1. The molecule has 0 unspecified atom stereocenters. The first-order chi connectivity index (χ1) is 13.3. The van der Waals surface area contributed by atoms with Gasteiger partial charge in [-0.25, -0.2) is 0 Å². The van der Waals surface area contributed by atoms with Gasteiger partial charge < -0.3 is 23.8 Å². The zero-order chi connectivity index (χ0) is 19.2. The second kappa shape index (κ2) is 13.9. The molecule has 1 heterocycles. The molecule has 1 radical (unpaired) electrons. The van der Waals surface area contributed by atoms with Crippen molar-refractivity contribution >= 4 is 0 Å². The van der Waals surface area contributed by atoms with E-state index in [1.54, 1.807) is 14.2 Å². The van der Waals surface area contributed by atoms with Crippen LogP contribution in [0.4, 0.5) is 0 Å². The largest absolute Gasteiger partial charge is 0.359 e. The minimum Gasteiger partial charge on any atom is -0.359 e. The zero-order valence-electron chi connectivity index (χ0n) is 17.8. The standard InChI is InChI=1S/C22H42NO4/c1-24-19-26-17-21(18-27-20-25-2)9-12-22(10-5-3-6-11-22)13-16-23-14-7-4-8-15-23/h4,21H,3,5-20H2,1-2H3. The lowest BCUT2D eigenvalue weighted by molar-refractivity contribution is -0.0807. The third-order valence-electron chi connectivity index (χ3n) is 6.36. The Morgan fingerprint density at radius 3 is 2.11 bits per heavy atom. The molecule has 1 saturated heterocycles. The molecule has 0 aromatic rings. The van der Waals surface area contributed by atoms with Crippen molar-refractivity contribution in [3.8, 4) is 0 Å². The van der Waals surface area contributed by atoms with Crippen LogP contribution in [-0.2, 0) is 18.9 Å². The van der Waals surface area contributed by atoms with Crippen LogP contribution in [0.1, 0.15) is 64.2 Å². The van der Waals surface area contributed by atoms with Gasteiger partial charge >= 0.3 is 0 Å². The van der Waals surface area contributed by atoms with Crippen molar-refractivity contribution in [3.05, 3.63) is 6.42 Å². The summed E-state index contributed by atoms with van der Waals surface area (Å²) in [4.78, 5) is 2.68. The van der Waals surface area contributed by atoms with Gasteiger partial charge in [-0.15, -0.1) is 0 Å². The molecule has 0 atom stereocenters. The molecular weight excluding hydrogens is 342 g/mol. The Balaban J connectivity index is 1.82. The summed E-state index contributed by atoms with van der Waals surface area (Å²) in [5, 5.41) is 0. The van der Waals surface area contributed by atoms with Gasteiger partial charge in [-0.2, -0.15) is 0 Å². The van der Waals surface area contributed by atoms with E-state index in [2.05, 4.69) is 11.3 Å². The van der Waals surface area contributed by atoms with Crippen LogP contribution in [0.25, 0.3) is 0 Å². The normalized spacial score (nSPS) is 21.0. The lowest BCUT2D eigenvalue weighted by Crippen LogP contribution is -2.36. The van der Waals surface area contributed by atoms with E-state index >= 15 is 0 Å². The maximum Gasteiger partial charge on any atom is 0.146 e. The van der Waals surface area contributed by atoms with Crippen LogP contribution in [0.3, 0.4) is 0 Å². The van der Waals surface area contributed by atoms with Crippen LogP contribution in [0.5, 0.6) is 0 Å². The maximum atomic E-state index is 5.65. The van der Waals surface area contributed by atoms with Crippen molar-refractivity contribution < 1.29 is 18.9 Å². The molecular formula is C22H42NO4. The molecule has 5 nitrogen and oxygen atoms in total. The number of piperidine rings is 1. The molecule has 159 valence electrons. The Bertz CT molecular complexity index is 344. The summed E-state index contributed by atoms with van der Waals surface area (Å²) in [6, 6.07) is 0. The van der Waals surface area contributed by atoms with Crippen LogP contribution in [0.15, 0.2) is 0 Å². The van der Waals surface area contributed by atoms with Crippen molar-refractivity contribution in [3.63, 3.8) is 0 Å². The summed E-state index contributed by atoms with van der Waals surface area (Å²) in [5.74, 6) is 0.415. The highest BCUT2D eigenvalue weighted by Crippen LogP contribution is 2.44. The number of hydrogen-bond donors (Lipinski definition) is 0. The van der Waals surface area contributed by atoms with Crippen molar-refractivity contribution in [1.82, 2.24) is 4.90 Å². The number of methoxy groups -OCH3 is 2. The van der Waals surface area contributed by atoms with Crippen LogP contribution in [0, 0.1) is 17.8 Å². The zero-order valence-corrected chi connectivity index (χ0v) is 17.8. The number of nitrogens with zero attached hydrogens (tertiary/aromatic N) is 1. The Morgan fingerprint density at radius 1 is 0.889 bits per heavy atom. The number of ether oxygens (including phenoxy) is 4. The van der Waals surface area contributed by atoms with Gasteiger partial charge in [0, 0.05) is 20.1 Å². The average molecular weight is 385 g/mol. The summed E-state index contributed by atoms with van der Waals surface area (Å²) in [6.45, 7) is 5.92. The SMILES string of the molecule is COCOCC(CCC1(CCN2CC[CH]CC2)CCCCC1)COCOC. The predicted octanol–water partition coefficient (Wildman–Crippen LogP) is 4.26. The summed E-state index contributed by atoms with van der Waals surface area (Å²) in [5.41, 5.74) is 0.528. The molecule has 27 heavy (non-hydrogen) atoms. The van der Waals surface area contributed by atoms with Crippen molar-refractivity contribution in [2.24, 2.45) is 11.3 Å². The second-order valence-corrected chi connectivity index (χ2v) is 8.48. The van der Waals surface area contributed by atoms with E-state index in [0.29, 0.717) is 38.1 Å². The van der Waals surface area contributed by atoms with Gasteiger partial charge in [0.25, 0.3) is 0 Å². The van der Waals surface area contributed by atoms with Crippen molar-refractivity contribution in [2.45, 2.75) is 64.2 Å². The Hall–Kier alpha value is -0.200. The molecule has 0 N–H and O–H groups in total. The fraction of sp³-hybridized carbons (Fsp3) is 0.955. The quantitative estimate of drug-likeness (QED) is 0.330. The van der Waals surface area contributed by atoms with Crippen LogP contribution < -0.4 is 0 Å². The van der Waals surface area contributed by atoms with Crippen LogP contribution in [0.2, 0.25) is 0 Å². The summed E-state index contributed by atoms with van der Waals surface area (Å²) < 4.78 is 21.4. The van der Waals surface area contributed by atoms with Crippen LogP contribution >= 0.6 is 0 Å². The highest BCUT2D eigenvalue weighted by atomic mass is 16.7. The number of rotatable bonds is 14. The summed E-state index contributed by atoms with van der Waals surface area (Å²) in [6.07, 6.45) is 15.8. The second-order valence-electron chi connectivity index (χ2n) is 8.48. The molecule has 0 aromatic carbocycles. The summed E-state index contributed by atoms with van der Waals surface area (Å²) >= 11 is 0. The minimum atomic E-state index is 0.359. The third-order valence-corrected chi connectivity index (χ3v) is 6.36. The van der Waals surface area contributed by atoms with E-state index in [0.717, 1.165) is 0 Å². The molecule has 0 bridgehead atoms. The molecule has 0 amide bonds. The van der Waals surface area contributed by atoms with Gasteiger partial charge in [0.2, 0.25) is 0 Å².